The highest BCUT2D eigenvalue weighted by Crippen LogP contribution is 2.40. The molecule has 3 aromatic carbocycles. The summed E-state index contributed by atoms with van der Waals surface area (Å²) in [6.07, 6.45) is 8.45. The first-order valence-corrected chi connectivity index (χ1v) is 18.8. The third-order valence-electron chi connectivity index (χ3n) is 11.6. The quantitative estimate of drug-likeness (QED) is 0.217. The molecule has 0 radical (unpaired) electrons. The molecule has 3 aromatic rings. The maximum atomic E-state index is 14.0. The van der Waals surface area contributed by atoms with Crippen LogP contribution < -0.4 is 5.32 Å². The van der Waals surface area contributed by atoms with Gasteiger partial charge in [0.25, 0.3) is 5.91 Å². The summed E-state index contributed by atoms with van der Waals surface area (Å²) >= 11 is 0. The number of likely N-dealkylation sites (tertiary alicyclic amines) is 3. The molecule has 3 N–H and O–H groups in total. The van der Waals surface area contributed by atoms with Gasteiger partial charge in [-0.15, -0.1) is 0 Å². The lowest BCUT2D eigenvalue weighted by Gasteiger charge is -2.56. The van der Waals surface area contributed by atoms with Crippen LogP contribution in [0.2, 0.25) is 0 Å². The molecule has 1 amide bonds. The Hall–Kier alpha value is -3.28. The van der Waals surface area contributed by atoms with Crippen LogP contribution in [0, 0.1) is 17.5 Å². The van der Waals surface area contributed by atoms with Crippen LogP contribution in [0.5, 0.6) is 0 Å². The maximum Gasteiger partial charge on any atom is 0.257 e. The predicted octanol–water partition coefficient (Wildman–Crippen LogP) is 6.62. The Morgan fingerprint density at radius 1 is 0.725 bits per heavy atom. The van der Waals surface area contributed by atoms with Crippen molar-refractivity contribution < 1.29 is 28.2 Å². The molecule has 7 nitrogen and oxygen atoms in total. The van der Waals surface area contributed by atoms with Gasteiger partial charge >= 0.3 is 0 Å². The molecule has 4 aliphatic rings. The standard InChI is InChI=1S/C24H27F3N2O2.C17H26N2O/c1-2-19(16-8-4-3-5-9-16)29-13-7-6-10-20(29)24(31)14-28(15-24)23(30)17-11-12-18(25)22(27)21(17)26;1-2-15(14-8-4-3-5-9-14)19-11-7-6-10-16(19)17(20)12-18-13-17/h3-5,8-9,11-12,19-20,31H,2,6-7,10,13-15H2,1H3;3-5,8-9,15-16,18,20H,2,6-7,10-13H2,1H3/t19-,20+;15-,16+/m11/s1. The predicted molar refractivity (Wildman–Crippen MR) is 193 cm³/mol. The van der Waals surface area contributed by atoms with Gasteiger partial charge in [0, 0.05) is 37.3 Å². The van der Waals surface area contributed by atoms with Crippen molar-refractivity contribution in [3.05, 3.63) is 107 Å². The summed E-state index contributed by atoms with van der Waals surface area (Å²) in [7, 11) is 0. The van der Waals surface area contributed by atoms with E-state index in [0.717, 1.165) is 76.8 Å². The molecule has 0 unspecified atom stereocenters. The number of carbonyl (C=O) groups is 1. The first-order chi connectivity index (χ1) is 24.6. The summed E-state index contributed by atoms with van der Waals surface area (Å²) in [5, 5.41) is 25.4. The second-order valence-electron chi connectivity index (χ2n) is 14.9. The van der Waals surface area contributed by atoms with Crippen molar-refractivity contribution in [3.8, 4) is 0 Å². The van der Waals surface area contributed by atoms with Gasteiger partial charge < -0.3 is 20.4 Å². The van der Waals surface area contributed by atoms with Crippen LogP contribution in [0.25, 0.3) is 0 Å². The molecule has 4 saturated heterocycles. The van der Waals surface area contributed by atoms with Crippen LogP contribution in [-0.4, -0.2) is 93.4 Å². The minimum Gasteiger partial charge on any atom is -0.386 e. The van der Waals surface area contributed by atoms with Crippen molar-refractivity contribution in [2.45, 2.75) is 101 Å². The molecule has 0 spiro atoms. The SMILES string of the molecule is CC[C@H](c1ccccc1)N1CCCC[C@H]1C1(O)CN(C(=O)c2ccc(F)c(F)c2F)C1.CC[C@H](c1ccccc1)N1CCCC[C@H]1C1(O)CNC1. The van der Waals surface area contributed by atoms with E-state index in [1.165, 1.54) is 28.9 Å². The minimum atomic E-state index is -1.66. The van der Waals surface area contributed by atoms with Crippen LogP contribution in [-0.2, 0) is 0 Å². The van der Waals surface area contributed by atoms with E-state index < -0.39 is 40.1 Å². The highest BCUT2D eigenvalue weighted by molar-refractivity contribution is 5.95. The minimum absolute atomic E-state index is 0.0384. The number of nitrogens with one attached hydrogen (secondary N) is 1. The number of amides is 1. The molecule has 10 heteroatoms. The molecular formula is C41H53F3N4O3. The fourth-order valence-corrected chi connectivity index (χ4v) is 8.93. The lowest BCUT2D eigenvalue weighted by atomic mass is 9.78. The summed E-state index contributed by atoms with van der Waals surface area (Å²) in [6, 6.07) is 23.4. The van der Waals surface area contributed by atoms with Crippen LogP contribution in [0.1, 0.15) is 98.8 Å². The first-order valence-electron chi connectivity index (χ1n) is 18.8. The van der Waals surface area contributed by atoms with Gasteiger partial charge in [-0.1, -0.05) is 87.4 Å². The Morgan fingerprint density at radius 2 is 1.22 bits per heavy atom. The number of hydrogen-bond donors (Lipinski definition) is 3. The largest absolute Gasteiger partial charge is 0.386 e. The van der Waals surface area contributed by atoms with Crippen molar-refractivity contribution in [2.75, 3.05) is 39.3 Å². The van der Waals surface area contributed by atoms with E-state index in [9.17, 15) is 28.2 Å². The van der Waals surface area contributed by atoms with E-state index in [4.69, 9.17) is 0 Å². The van der Waals surface area contributed by atoms with Crippen LogP contribution in [0.4, 0.5) is 13.2 Å². The monoisotopic (exact) mass is 706 g/mol. The van der Waals surface area contributed by atoms with Crippen molar-refractivity contribution >= 4 is 5.91 Å². The van der Waals surface area contributed by atoms with Crippen LogP contribution >= 0.6 is 0 Å². The third-order valence-corrected chi connectivity index (χ3v) is 11.6. The second-order valence-corrected chi connectivity index (χ2v) is 14.9. The summed E-state index contributed by atoms with van der Waals surface area (Å²) in [6.45, 7) is 7.92. The van der Waals surface area contributed by atoms with E-state index in [-0.39, 0.29) is 25.2 Å². The van der Waals surface area contributed by atoms with Gasteiger partial charge in [-0.2, -0.15) is 0 Å². The highest BCUT2D eigenvalue weighted by Gasteiger charge is 2.53. The van der Waals surface area contributed by atoms with Crippen LogP contribution in [0.15, 0.2) is 72.8 Å². The van der Waals surface area contributed by atoms with Crippen LogP contribution in [0.3, 0.4) is 0 Å². The molecule has 0 bridgehead atoms. The Kier molecular flexibility index (Phi) is 11.9. The molecule has 4 atom stereocenters. The van der Waals surface area contributed by atoms with E-state index in [1.54, 1.807) is 0 Å². The van der Waals surface area contributed by atoms with Gasteiger partial charge in [-0.3, -0.25) is 14.6 Å². The van der Waals surface area contributed by atoms with Crippen molar-refractivity contribution in [1.29, 1.82) is 0 Å². The lowest BCUT2D eigenvalue weighted by Crippen LogP contribution is -2.72. The Bertz CT molecular complexity index is 1600. The molecule has 276 valence electrons. The molecule has 4 fully saturated rings. The van der Waals surface area contributed by atoms with Gasteiger partial charge in [-0.25, -0.2) is 13.2 Å². The van der Waals surface area contributed by atoms with Gasteiger partial charge in [0.05, 0.1) is 18.7 Å². The zero-order valence-corrected chi connectivity index (χ0v) is 29.9. The third kappa shape index (κ3) is 7.76. The molecular weight excluding hydrogens is 653 g/mol. The molecule has 0 aromatic heterocycles. The number of aliphatic hydroxyl groups is 2. The number of halogens is 3. The maximum absolute atomic E-state index is 14.0. The number of nitrogens with zero attached hydrogens (tertiary/aromatic N) is 3. The average molecular weight is 707 g/mol. The molecule has 7 rings (SSSR count). The number of β-amino-alcohol motifs (C(OH)–C–C–N with tert-alkyl or cyclic N) is 2. The summed E-state index contributed by atoms with van der Waals surface area (Å²) < 4.78 is 40.8. The highest BCUT2D eigenvalue weighted by atomic mass is 19.2. The number of piperidine rings is 2. The van der Waals surface area contributed by atoms with Gasteiger partial charge in [-0.05, 0) is 74.9 Å². The van der Waals surface area contributed by atoms with Gasteiger partial charge in [0.15, 0.2) is 17.5 Å². The van der Waals surface area contributed by atoms with Crippen molar-refractivity contribution in [2.24, 2.45) is 0 Å². The normalized spacial score (nSPS) is 24.3. The molecule has 0 saturated carbocycles. The fourth-order valence-electron chi connectivity index (χ4n) is 8.93. The number of rotatable bonds is 9. The van der Waals surface area contributed by atoms with Crippen molar-refractivity contribution in [3.63, 3.8) is 0 Å². The molecule has 4 aliphatic heterocycles. The summed E-state index contributed by atoms with van der Waals surface area (Å²) in [5.74, 6) is -5.22. The lowest BCUT2D eigenvalue weighted by molar-refractivity contribution is -0.148. The topological polar surface area (TPSA) is 79.3 Å². The van der Waals surface area contributed by atoms with E-state index in [1.807, 2.05) is 18.2 Å². The smallest absolute Gasteiger partial charge is 0.257 e. The van der Waals surface area contributed by atoms with Gasteiger partial charge in [0.1, 0.15) is 11.2 Å². The number of carbonyl (C=O) groups excluding carboxylic acids is 1. The van der Waals surface area contributed by atoms with Gasteiger partial charge in [0.2, 0.25) is 0 Å². The molecule has 0 aliphatic carbocycles. The Morgan fingerprint density at radius 3 is 1.67 bits per heavy atom. The first kappa shape index (κ1) is 37.5. The fraction of sp³-hybridized carbons (Fsp3) is 0.537. The van der Waals surface area contributed by atoms with E-state index in [0.29, 0.717) is 12.1 Å². The molecule has 51 heavy (non-hydrogen) atoms. The summed E-state index contributed by atoms with van der Waals surface area (Å²) in [4.78, 5) is 18.8. The number of benzene rings is 3. The summed E-state index contributed by atoms with van der Waals surface area (Å²) in [5.41, 5.74) is 0.433. The second kappa shape index (κ2) is 16.2. The Labute approximate surface area is 300 Å². The molecule has 4 heterocycles. The van der Waals surface area contributed by atoms with E-state index in [2.05, 4.69) is 71.4 Å². The van der Waals surface area contributed by atoms with E-state index >= 15 is 0 Å². The van der Waals surface area contributed by atoms with Crippen molar-refractivity contribution in [1.82, 2.24) is 20.0 Å². The number of hydrogen-bond acceptors (Lipinski definition) is 6. The zero-order chi connectivity index (χ0) is 36.2. The Balaban J connectivity index is 0.000000193. The average Bonchev–Trinajstić information content (AvgIpc) is 3.14. The zero-order valence-electron chi connectivity index (χ0n) is 29.9.